The fourth-order valence-electron chi connectivity index (χ4n) is 1.58. The van der Waals surface area contributed by atoms with Gasteiger partial charge in [0.2, 0.25) is 0 Å². The van der Waals surface area contributed by atoms with Crippen molar-refractivity contribution in [3.05, 3.63) is 36.0 Å². The smallest absolute Gasteiger partial charge is 0.360 e. The number of rotatable bonds is 2. The Hall–Kier alpha value is -1.81. The zero-order valence-electron chi connectivity index (χ0n) is 8.56. The van der Waals surface area contributed by atoms with Crippen LogP contribution in [0.3, 0.4) is 0 Å². The Balaban J connectivity index is 2.53. The first-order valence-corrected chi connectivity index (χ1v) is 4.82. The van der Waals surface area contributed by atoms with Crippen molar-refractivity contribution in [1.82, 2.24) is 4.68 Å². The second-order valence-corrected chi connectivity index (χ2v) is 3.24. The second-order valence-electron chi connectivity index (χ2n) is 3.24. The normalized spacial score (nSPS) is 10.5. The van der Waals surface area contributed by atoms with Gasteiger partial charge in [-0.25, -0.2) is 4.79 Å². The minimum absolute atomic E-state index is 0.330. The Bertz CT molecular complexity index is 502. The van der Waals surface area contributed by atoms with Gasteiger partial charge in [-0.3, -0.25) is 5.84 Å². The number of benzene rings is 1. The van der Waals surface area contributed by atoms with Crippen molar-refractivity contribution in [2.45, 2.75) is 6.92 Å². The van der Waals surface area contributed by atoms with E-state index in [2.05, 4.69) is 5.84 Å². The topological polar surface area (TPSA) is 58.9 Å². The zero-order chi connectivity index (χ0) is 10.8. The number of hydrogen-bond donors (Lipinski definition) is 1. The molecule has 0 saturated heterocycles. The van der Waals surface area contributed by atoms with Crippen molar-refractivity contribution in [3.63, 3.8) is 0 Å². The molecule has 0 spiro atoms. The largest absolute Gasteiger partial charge is 0.461 e. The van der Waals surface area contributed by atoms with E-state index in [9.17, 15) is 4.79 Å². The molecule has 78 valence electrons. The average Bonchev–Trinajstić information content (AvgIpc) is 2.57. The fourth-order valence-corrected chi connectivity index (χ4v) is 1.58. The van der Waals surface area contributed by atoms with E-state index in [0.717, 1.165) is 10.9 Å². The molecule has 0 bridgehead atoms. The molecule has 3 N–H and O–H groups in total. The highest BCUT2D eigenvalue weighted by Gasteiger charge is 2.16. The molecule has 0 radical (unpaired) electrons. The van der Waals surface area contributed by atoms with Gasteiger partial charge in [0, 0.05) is 5.39 Å². The predicted octanol–water partition coefficient (Wildman–Crippen LogP) is 0.823. The van der Waals surface area contributed by atoms with E-state index >= 15 is 0 Å². The van der Waals surface area contributed by atoms with E-state index in [1.54, 1.807) is 17.7 Å². The van der Waals surface area contributed by atoms with E-state index in [1.165, 1.54) is 0 Å². The van der Waals surface area contributed by atoms with Crippen LogP contribution < -0.4 is 5.84 Å². The number of ether oxygens (including phenoxy) is 1. The van der Waals surface area contributed by atoms with Crippen LogP contribution in [-0.4, -0.2) is 17.3 Å². The molecule has 0 aliphatic heterocycles. The summed E-state index contributed by atoms with van der Waals surface area (Å²) >= 11 is 0. The lowest BCUT2D eigenvalue weighted by atomic mass is 10.2. The maximum absolute atomic E-state index is 11.6. The van der Waals surface area contributed by atoms with Gasteiger partial charge in [0.1, 0.15) is 5.52 Å². The van der Waals surface area contributed by atoms with Gasteiger partial charge in [0.05, 0.1) is 6.61 Å². The molecule has 0 saturated carbocycles. The lowest BCUT2D eigenvalue weighted by Crippen LogP contribution is -2.57. The Labute approximate surface area is 87.2 Å². The Morgan fingerprint density at radius 2 is 2.20 bits per heavy atom. The average molecular weight is 205 g/mol. The highest BCUT2D eigenvalue weighted by molar-refractivity contribution is 5.95. The van der Waals surface area contributed by atoms with Gasteiger partial charge < -0.3 is 4.74 Å². The molecular weight excluding hydrogens is 192 g/mol. The molecule has 1 heterocycles. The minimum Gasteiger partial charge on any atom is -0.461 e. The molecule has 0 aliphatic rings. The highest BCUT2D eigenvalue weighted by Crippen LogP contribution is 2.16. The molecule has 4 nitrogen and oxygen atoms in total. The molecular formula is C11H13N2O2+. The number of fused-ring (bicyclic) bond motifs is 1. The second kappa shape index (κ2) is 3.74. The Kier molecular flexibility index (Phi) is 2.43. The lowest BCUT2D eigenvalue weighted by molar-refractivity contribution is -0.435. The SMILES string of the molecule is CCOC(=O)c1cc2ccccc2n1[NH3+]. The van der Waals surface area contributed by atoms with E-state index in [-0.39, 0.29) is 5.97 Å². The highest BCUT2D eigenvalue weighted by atomic mass is 16.5. The summed E-state index contributed by atoms with van der Waals surface area (Å²) < 4.78 is 6.54. The number of nitrogens with zero attached hydrogens (tertiary/aromatic N) is 1. The number of para-hydroxylation sites is 1. The van der Waals surface area contributed by atoms with E-state index in [1.807, 2.05) is 24.3 Å². The first-order chi connectivity index (χ1) is 7.24. The standard InChI is InChI=1S/C11H12N2O2/c1-2-15-11(14)10-7-8-5-3-4-6-9(8)13(10)12/h3-7H,2,12H2,1H3/p+1. The zero-order valence-corrected chi connectivity index (χ0v) is 8.56. The van der Waals surface area contributed by atoms with Gasteiger partial charge in [-0.2, -0.15) is 4.68 Å². The van der Waals surface area contributed by atoms with Crippen molar-refractivity contribution < 1.29 is 15.4 Å². The van der Waals surface area contributed by atoms with Crippen LogP contribution in [0.4, 0.5) is 0 Å². The number of hydrogen-bond acceptors (Lipinski definition) is 2. The van der Waals surface area contributed by atoms with Crippen LogP contribution in [0, 0.1) is 0 Å². The molecule has 0 fully saturated rings. The summed E-state index contributed by atoms with van der Waals surface area (Å²) in [6.45, 7) is 2.16. The number of esters is 1. The number of carbonyl (C=O) groups excluding carboxylic acids is 1. The summed E-state index contributed by atoms with van der Waals surface area (Å²) in [5.74, 6) is 3.50. The molecule has 15 heavy (non-hydrogen) atoms. The monoisotopic (exact) mass is 205 g/mol. The van der Waals surface area contributed by atoms with Crippen LogP contribution in [0.25, 0.3) is 10.9 Å². The third-order valence-corrected chi connectivity index (χ3v) is 2.30. The van der Waals surface area contributed by atoms with Crippen LogP contribution in [0.2, 0.25) is 0 Å². The van der Waals surface area contributed by atoms with Crippen molar-refractivity contribution in [1.29, 1.82) is 0 Å². The Morgan fingerprint density at radius 3 is 2.87 bits per heavy atom. The van der Waals surface area contributed by atoms with Crippen LogP contribution >= 0.6 is 0 Å². The van der Waals surface area contributed by atoms with Gasteiger partial charge in [0.15, 0.2) is 5.69 Å². The lowest BCUT2D eigenvalue weighted by Gasteiger charge is -2.00. The predicted molar refractivity (Wildman–Crippen MR) is 56.2 cm³/mol. The first kappa shape index (κ1) is 9.73. The van der Waals surface area contributed by atoms with Crippen LogP contribution in [0.1, 0.15) is 17.4 Å². The third-order valence-electron chi connectivity index (χ3n) is 2.30. The van der Waals surface area contributed by atoms with Crippen molar-refractivity contribution in [2.75, 3.05) is 6.61 Å². The van der Waals surface area contributed by atoms with E-state index < -0.39 is 0 Å². The summed E-state index contributed by atoms with van der Waals surface area (Å²) in [5, 5.41) is 0.996. The van der Waals surface area contributed by atoms with Gasteiger partial charge in [-0.15, -0.1) is 0 Å². The van der Waals surface area contributed by atoms with E-state index in [0.29, 0.717) is 12.3 Å². The van der Waals surface area contributed by atoms with Gasteiger partial charge in [0.25, 0.3) is 0 Å². The summed E-state index contributed by atoms with van der Waals surface area (Å²) in [5.41, 5.74) is 1.42. The minimum atomic E-state index is -0.330. The number of carbonyl (C=O) groups is 1. The maximum atomic E-state index is 11.6. The number of quaternary nitrogens is 1. The van der Waals surface area contributed by atoms with Crippen LogP contribution in [0.5, 0.6) is 0 Å². The maximum Gasteiger partial charge on any atom is 0.360 e. The quantitative estimate of drug-likeness (QED) is 0.738. The number of aromatic nitrogens is 1. The van der Waals surface area contributed by atoms with Gasteiger partial charge >= 0.3 is 5.97 Å². The van der Waals surface area contributed by atoms with Crippen LogP contribution in [0.15, 0.2) is 30.3 Å². The van der Waals surface area contributed by atoms with Crippen molar-refractivity contribution in [2.24, 2.45) is 0 Å². The summed E-state index contributed by atoms with van der Waals surface area (Å²) in [7, 11) is 0. The molecule has 0 amide bonds. The molecule has 1 aromatic heterocycles. The third kappa shape index (κ3) is 1.59. The van der Waals surface area contributed by atoms with Crippen LogP contribution in [-0.2, 0) is 4.74 Å². The first-order valence-electron chi connectivity index (χ1n) is 4.82. The van der Waals surface area contributed by atoms with Crippen molar-refractivity contribution in [3.8, 4) is 0 Å². The van der Waals surface area contributed by atoms with Crippen molar-refractivity contribution >= 4 is 16.9 Å². The van der Waals surface area contributed by atoms with Gasteiger partial charge in [-0.05, 0) is 19.1 Å². The van der Waals surface area contributed by atoms with E-state index in [4.69, 9.17) is 4.74 Å². The summed E-state index contributed by atoms with van der Waals surface area (Å²) in [6, 6.07) is 9.50. The summed E-state index contributed by atoms with van der Waals surface area (Å²) in [6.07, 6.45) is 0. The molecule has 2 aromatic rings. The Morgan fingerprint density at radius 1 is 1.47 bits per heavy atom. The summed E-state index contributed by atoms with van der Waals surface area (Å²) in [4.78, 5) is 11.6. The molecule has 4 heteroatoms. The van der Waals surface area contributed by atoms with Gasteiger partial charge in [-0.1, -0.05) is 18.2 Å². The fraction of sp³-hybridized carbons (Fsp3) is 0.182. The molecule has 1 aromatic carbocycles. The molecule has 0 unspecified atom stereocenters. The molecule has 0 aliphatic carbocycles. The molecule has 2 rings (SSSR count). The molecule has 0 atom stereocenters.